The van der Waals surface area contributed by atoms with E-state index in [0.717, 1.165) is 6.54 Å². The molecule has 2 fully saturated rings. The molecule has 1 aliphatic carbocycles. The molecule has 2 heteroatoms. The van der Waals surface area contributed by atoms with Crippen molar-refractivity contribution in [2.24, 2.45) is 5.41 Å². The summed E-state index contributed by atoms with van der Waals surface area (Å²) >= 11 is 0. The van der Waals surface area contributed by atoms with Gasteiger partial charge < -0.3 is 5.32 Å². The fourth-order valence-corrected chi connectivity index (χ4v) is 3.90. The Morgan fingerprint density at radius 3 is 2.60 bits per heavy atom. The minimum absolute atomic E-state index is 0.552. The zero-order valence-electron chi connectivity index (χ0n) is 12.9. The second-order valence-electron chi connectivity index (χ2n) is 6.87. The fraction of sp³-hybridized carbons (Fsp3) is 0.667. The largest absolute Gasteiger partial charge is 0.311 e. The average molecular weight is 272 g/mol. The van der Waals surface area contributed by atoms with Crippen LogP contribution in [0.5, 0.6) is 0 Å². The molecule has 0 spiro atoms. The predicted molar refractivity (Wildman–Crippen MR) is 84.8 cm³/mol. The Balaban J connectivity index is 1.77. The Bertz CT molecular complexity index is 419. The summed E-state index contributed by atoms with van der Waals surface area (Å²) in [5.74, 6) is 0. The molecule has 2 aliphatic rings. The minimum Gasteiger partial charge on any atom is -0.311 e. The van der Waals surface area contributed by atoms with E-state index in [2.05, 4.69) is 54.4 Å². The quantitative estimate of drug-likeness (QED) is 0.901. The summed E-state index contributed by atoms with van der Waals surface area (Å²) in [4.78, 5) is 2.75. The predicted octanol–water partition coefficient (Wildman–Crippen LogP) is 3.60. The van der Waals surface area contributed by atoms with Crippen molar-refractivity contribution in [3.8, 4) is 0 Å². The highest BCUT2D eigenvalue weighted by Gasteiger charge is 2.39. The Kier molecular flexibility index (Phi) is 4.13. The molecule has 2 nitrogen and oxygen atoms in total. The lowest BCUT2D eigenvalue weighted by Crippen LogP contribution is -2.54. The lowest BCUT2D eigenvalue weighted by Gasteiger charge is -2.49. The molecule has 1 aromatic rings. The first-order valence-electron chi connectivity index (χ1n) is 8.25. The smallest absolute Gasteiger partial charge is 0.0473 e. The first-order valence-corrected chi connectivity index (χ1v) is 8.25. The summed E-state index contributed by atoms with van der Waals surface area (Å²) in [6.07, 6.45) is 5.64. The summed E-state index contributed by atoms with van der Waals surface area (Å²) in [5.41, 5.74) is 2.09. The van der Waals surface area contributed by atoms with E-state index in [1.807, 2.05) is 0 Å². The molecule has 2 atom stereocenters. The first kappa shape index (κ1) is 14.1. The maximum atomic E-state index is 3.66. The summed E-state index contributed by atoms with van der Waals surface area (Å²) in [7, 11) is 0. The molecule has 0 bridgehead atoms. The third kappa shape index (κ3) is 2.77. The van der Waals surface area contributed by atoms with Crippen molar-refractivity contribution in [2.45, 2.75) is 51.6 Å². The molecule has 0 aromatic heterocycles. The van der Waals surface area contributed by atoms with Gasteiger partial charge in [-0.15, -0.1) is 0 Å². The second-order valence-corrected chi connectivity index (χ2v) is 6.87. The van der Waals surface area contributed by atoms with E-state index < -0.39 is 0 Å². The molecule has 0 amide bonds. The van der Waals surface area contributed by atoms with Gasteiger partial charge >= 0.3 is 0 Å². The van der Waals surface area contributed by atoms with Crippen LogP contribution in [0.3, 0.4) is 0 Å². The monoisotopic (exact) mass is 272 g/mol. The highest BCUT2D eigenvalue weighted by atomic mass is 15.2. The zero-order valence-corrected chi connectivity index (χ0v) is 12.9. The molecular weight excluding hydrogens is 244 g/mol. The van der Waals surface area contributed by atoms with Crippen LogP contribution in [0.15, 0.2) is 30.3 Å². The van der Waals surface area contributed by atoms with Crippen molar-refractivity contribution in [1.82, 2.24) is 10.2 Å². The van der Waals surface area contributed by atoms with Crippen molar-refractivity contribution in [3.63, 3.8) is 0 Å². The maximum absolute atomic E-state index is 3.66. The fourth-order valence-electron chi connectivity index (χ4n) is 3.90. The van der Waals surface area contributed by atoms with E-state index in [4.69, 9.17) is 0 Å². The van der Waals surface area contributed by atoms with E-state index in [1.165, 1.54) is 44.3 Å². The number of nitrogens with zero attached hydrogens (tertiary/aromatic N) is 1. The zero-order chi connectivity index (χ0) is 14.0. The van der Waals surface area contributed by atoms with Crippen LogP contribution in [0, 0.1) is 5.41 Å². The molecule has 1 N–H and O–H groups in total. The number of hydrogen-bond acceptors (Lipinski definition) is 2. The van der Waals surface area contributed by atoms with E-state index in [9.17, 15) is 0 Å². The van der Waals surface area contributed by atoms with E-state index in [0.29, 0.717) is 17.5 Å². The third-order valence-electron chi connectivity index (χ3n) is 5.50. The van der Waals surface area contributed by atoms with Crippen molar-refractivity contribution in [2.75, 3.05) is 19.6 Å². The van der Waals surface area contributed by atoms with Crippen LogP contribution >= 0.6 is 0 Å². The van der Waals surface area contributed by atoms with Crippen LogP contribution < -0.4 is 5.32 Å². The van der Waals surface area contributed by atoms with Gasteiger partial charge in [-0.05, 0) is 37.2 Å². The number of hydrogen-bond donors (Lipinski definition) is 1. The Labute approximate surface area is 123 Å². The second kappa shape index (κ2) is 5.87. The highest BCUT2D eigenvalue weighted by molar-refractivity contribution is 5.20. The van der Waals surface area contributed by atoms with E-state index in [-0.39, 0.29) is 0 Å². The molecule has 2 unspecified atom stereocenters. The number of piperazine rings is 1. The molecule has 1 heterocycles. The van der Waals surface area contributed by atoms with Gasteiger partial charge in [0.2, 0.25) is 0 Å². The molecule has 1 saturated carbocycles. The van der Waals surface area contributed by atoms with Crippen LogP contribution in [0.25, 0.3) is 0 Å². The lowest BCUT2D eigenvalue weighted by atomic mass is 9.66. The van der Waals surface area contributed by atoms with Crippen molar-refractivity contribution in [1.29, 1.82) is 0 Å². The van der Waals surface area contributed by atoms with Gasteiger partial charge in [-0.25, -0.2) is 0 Å². The molecular formula is C18H28N2. The van der Waals surface area contributed by atoms with Gasteiger partial charge in [0.05, 0.1) is 0 Å². The molecule has 110 valence electrons. The average Bonchev–Trinajstić information content (AvgIpc) is 2.44. The van der Waals surface area contributed by atoms with Crippen molar-refractivity contribution >= 4 is 0 Å². The minimum atomic E-state index is 0.552. The van der Waals surface area contributed by atoms with Gasteiger partial charge in [-0.2, -0.15) is 0 Å². The summed E-state index contributed by atoms with van der Waals surface area (Å²) in [6, 6.07) is 12.2. The number of benzene rings is 1. The highest BCUT2D eigenvalue weighted by Crippen LogP contribution is 2.45. The van der Waals surface area contributed by atoms with E-state index in [1.54, 1.807) is 0 Å². The maximum Gasteiger partial charge on any atom is 0.0473 e. The standard InChI is InChI=1S/C18H28N2/c1-3-18(10-7-11-18)14-20-13-15(2)19-12-17(20)16-8-5-4-6-9-16/h4-6,8-9,15,17,19H,3,7,10-14H2,1-2H3. The number of nitrogens with one attached hydrogen (secondary N) is 1. The Morgan fingerprint density at radius 2 is 2.00 bits per heavy atom. The molecule has 3 rings (SSSR count). The van der Waals surface area contributed by atoms with E-state index >= 15 is 0 Å². The molecule has 20 heavy (non-hydrogen) atoms. The lowest BCUT2D eigenvalue weighted by molar-refractivity contribution is 0.0220. The van der Waals surface area contributed by atoms with Gasteiger partial charge in [0.1, 0.15) is 0 Å². The third-order valence-corrected chi connectivity index (χ3v) is 5.50. The van der Waals surface area contributed by atoms with Crippen LogP contribution in [0.4, 0.5) is 0 Å². The Hall–Kier alpha value is -0.860. The van der Waals surface area contributed by atoms with Crippen molar-refractivity contribution in [3.05, 3.63) is 35.9 Å². The van der Waals surface area contributed by atoms with Crippen LogP contribution in [0.1, 0.15) is 51.1 Å². The number of rotatable bonds is 4. The molecule has 1 aliphatic heterocycles. The summed E-state index contributed by atoms with van der Waals surface area (Å²) in [6.45, 7) is 8.25. The summed E-state index contributed by atoms with van der Waals surface area (Å²) < 4.78 is 0. The molecule has 1 aromatic carbocycles. The first-order chi connectivity index (χ1) is 9.72. The normalized spacial score (nSPS) is 29.9. The van der Waals surface area contributed by atoms with Crippen molar-refractivity contribution < 1.29 is 0 Å². The van der Waals surface area contributed by atoms with Gasteiger partial charge in [-0.1, -0.05) is 43.7 Å². The van der Waals surface area contributed by atoms with Gasteiger partial charge in [0.15, 0.2) is 0 Å². The van der Waals surface area contributed by atoms with Crippen LogP contribution in [-0.4, -0.2) is 30.6 Å². The summed E-state index contributed by atoms with van der Waals surface area (Å²) in [5, 5.41) is 3.66. The van der Waals surface area contributed by atoms with Gasteiger partial charge in [0, 0.05) is 31.7 Å². The van der Waals surface area contributed by atoms with Crippen LogP contribution in [0.2, 0.25) is 0 Å². The Morgan fingerprint density at radius 1 is 1.25 bits per heavy atom. The molecule has 1 saturated heterocycles. The van der Waals surface area contributed by atoms with Gasteiger partial charge in [0.25, 0.3) is 0 Å². The molecule has 0 radical (unpaired) electrons. The SMILES string of the molecule is CCC1(CN2CC(C)NCC2c2ccccc2)CCC1. The topological polar surface area (TPSA) is 15.3 Å². The van der Waals surface area contributed by atoms with Gasteiger partial charge in [-0.3, -0.25) is 4.90 Å². The van der Waals surface area contributed by atoms with Crippen LogP contribution in [-0.2, 0) is 0 Å².